The van der Waals surface area contributed by atoms with Crippen LogP contribution in [-0.2, 0) is 9.53 Å². The molecule has 0 aliphatic heterocycles. The number of amides is 2. The van der Waals surface area contributed by atoms with E-state index in [-0.39, 0.29) is 5.91 Å². The molecule has 0 saturated carbocycles. The van der Waals surface area contributed by atoms with Crippen molar-refractivity contribution in [2.75, 3.05) is 31.3 Å². The van der Waals surface area contributed by atoms with Gasteiger partial charge in [0.2, 0.25) is 0 Å². The van der Waals surface area contributed by atoms with Crippen LogP contribution in [0.5, 0.6) is 0 Å². The van der Waals surface area contributed by atoms with E-state index in [0.29, 0.717) is 29.9 Å². The molecule has 6 nitrogen and oxygen atoms in total. The lowest BCUT2D eigenvalue weighted by Gasteiger charge is -2.19. The highest BCUT2D eigenvalue weighted by Gasteiger charge is 2.15. The SMILES string of the molecule is CCN(CC)C(=O)c1cccc(NC(=O)COC(=O)c2ccccc2SC)c1. The van der Waals surface area contributed by atoms with E-state index in [2.05, 4.69) is 5.32 Å². The zero-order valence-corrected chi connectivity index (χ0v) is 17.0. The van der Waals surface area contributed by atoms with Gasteiger partial charge in [0, 0.05) is 29.2 Å². The van der Waals surface area contributed by atoms with Gasteiger partial charge in [-0.05, 0) is 50.4 Å². The monoisotopic (exact) mass is 400 g/mol. The molecule has 0 spiro atoms. The summed E-state index contributed by atoms with van der Waals surface area (Å²) in [7, 11) is 0. The first kappa shape index (κ1) is 21.5. The predicted octanol–water partition coefficient (Wildman–Crippen LogP) is 3.69. The van der Waals surface area contributed by atoms with E-state index in [4.69, 9.17) is 4.74 Å². The van der Waals surface area contributed by atoms with Gasteiger partial charge in [0.1, 0.15) is 0 Å². The van der Waals surface area contributed by atoms with Gasteiger partial charge in [-0.3, -0.25) is 9.59 Å². The van der Waals surface area contributed by atoms with Gasteiger partial charge < -0.3 is 15.0 Å². The van der Waals surface area contributed by atoms with E-state index >= 15 is 0 Å². The van der Waals surface area contributed by atoms with Crippen LogP contribution >= 0.6 is 11.8 Å². The van der Waals surface area contributed by atoms with Crippen molar-refractivity contribution in [1.82, 2.24) is 4.90 Å². The molecule has 0 atom stereocenters. The minimum atomic E-state index is -0.550. The third-order valence-electron chi connectivity index (χ3n) is 4.11. The number of rotatable bonds is 8. The number of ether oxygens (including phenoxy) is 1. The molecule has 2 aromatic carbocycles. The zero-order valence-electron chi connectivity index (χ0n) is 16.2. The predicted molar refractivity (Wildman–Crippen MR) is 111 cm³/mol. The molecule has 0 heterocycles. The van der Waals surface area contributed by atoms with E-state index in [1.165, 1.54) is 11.8 Å². The molecule has 1 N–H and O–H groups in total. The van der Waals surface area contributed by atoms with E-state index < -0.39 is 18.5 Å². The first-order valence-corrected chi connectivity index (χ1v) is 10.2. The molecule has 0 fully saturated rings. The molecule has 2 rings (SSSR count). The van der Waals surface area contributed by atoms with E-state index in [0.717, 1.165) is 4.90 Å². The molecule has 0 radical (unpaired) electrons. The quantitative estimate of drug-likeness (QED) is 0.540. The zero-order chi connectivity index (χ0) is 20.5. The van der Waals surface area contributed by atoms with Crippen LogP contribution in [0, 0.1) is 0 Å². The number of hydrogen-bond donors (Lipinski definition) is 1. The minimum Gasteiger partial charge on any atom is -0.452 e. The summed E-state index contributed by atoms with van der Waals surface area (Å²) < 4.78 is 5.12. The van der Waals surface area contributed by atoms with Crippen molar-refractivity contribution in [2.45, 2.75) is 18.7 Å². The topological polar surface area (TPSA) is 75.7 Å². The van der Waals surface area contributed by atoms with E-state index in [1.807, 2.05) is 32.2 Å². The summed E-state index contributed by atoms with van der Waals surface area (Å²) in [5.74, 6) is -1.12. The number of carbonyl (C=O) groups is 3. The first-order valence-electron chi connectivity index (χ1n) is 8.99. The maximum absolute atomic E-state index is 12.4. The number of nitrogens with zero attached hydrogens (tertiary/aromatic N) is 1. The minimum absolute atomic E-state index is 0.0961. The van der Waals surface area contributed by atoms with Gasteiger partial charge in [-0.2, -0.15) is 0 Å². The summed E-state index contributed by atoms with van der Waals surface area (Å²) in [6, 6.07) is 13.8. The molecule has 2 amide bonds. The van der Waals surface area contributed by atoms with Gasteiger partial charge in [0.25, 0.3) is 11.8 Å². The number of esters is 1. The lowest BCUT2D eigenvalue weighted by atomic mass is 10.1. The fourth-order valence-corrected chi connectivity index (χ4v) is 3.23. The summed E-state index contributed by atoms with van der Waals surface area (Å²) in [5.41, 5.74) is 1.39. The van der Waals surface area contributed by atoms with Crippen molar-refractivity contribution in [3.05, 3.63) is 59.7 Å². The molecular formula is C21H24N2O4S. The highest BCUT2D eigenvalue weighted by molar-refractivity contribution is 7.98. The average Bonchev–Trinajstić information content (AvgIpc) is 2.73. The number of hydrogen-bond acceptors (Lipinski definition) is 5. The molecule has 0 aromatic heterocycles. The van der Waals surface area contributed by atoms with Crippen molar-refractivity contribution < 1.29 is 19.1 Å². The molecule has 28 heavy (non-hydrogen) atoms. The third kappa shape index (κ3) is 5.60. The van der Waals surface area contributed by atoms with Gasteiger partial charge in [-0.15, -0.1) is 11.8 Å². The van der Waals surface area contributed by atoms with Crippen LogP contribution in [0.4, 0.5) is 5.69 Å². The number of thioether (sulfide) groups is 1. The van der Waals surface area contributed by atoms with Crippen molar-refractivity contribution in [2.24, 2.45) is 0 Å². The maximum atomic E-state index is 12.4. The average molecular weight is 401 g/mol. The Hall–Kier alpha value is -2.80. The molecule has 0 aliphatic carbocycles. The van der Waals surface area contributed by atoms with Gasteiger partial charge in [0.15, 0.2) is 6.61 Å². The molecule has 0 saturated heterocycles. The molecule has 7 heteroatoms. The van der Waals surface area contributed by atoms with Gasteiger partial charge >= 0.3 is 5.97 Å². The van der Waals surface area contributed by atoms with Crippen molar-refractivity contribution in [3.8, 4) is 0 Å². The summed E-state index contributed by atoms with van der Waals surface area (Å²) in [4.78, 5) is 39.2. The smallest absolute Gasteiger partial charge is 0.339 e. The molecular weight excluding hydrogens is 376 g/mol. The number of nitrogens with one attached hydrogen (secondary N) is 1. The Morgan fingerprint density at radius 2 is 1.75 bits per heavy atom. The Balaban J connectivity index is 1.97. The summed E-state index contributed by atoms with van der Waals surface area (Å²) in [6.07, 6.45) is 1.87. The molecule has 2 aromatic rings. The molecule has 148 valence electrons. The summed E-state index contributed by atoms with van der Waals surface area (Å²) in [5, 5.41) is 2.66. The van der Waals surface area contributed by atoms with Crippen molar-refractivity contribution in [1.29, 1.82) is 0 Å². The Morgan fingerprint density at radius 1 is 1.04 bits per heavy atom. The maximum Gasteiger partial charge on any atom is 0.339 e. The van der Waals surface area contributed by atoms with Crippen LogP contribution in [-0.4, -0.2) is 48.6 Å². The molecule has 0 unspecified atom stereocenters. The molecule has 0 bridgehead atoms. The van der Waals surface area contributed by atoms with Crippen LogP contribution in [0.3, 0.4) is 0 Å². The van der Waals surface area contributed by atoms with Gasteiger partial charge in [-0.25, -0.2) is 4.79 Å². The standard InChI is InChI=1S/C21H24N2O4S/c1-4-23(5-2)20(25)15-9-8-10-16(13-15)22-19(24)14-27-21(26)17-11-6-7-12-18(17)28-3/h6-13H,4-5,14H2,1-3H3,(H,22,24). The number of carbonyl (C=O) groups excluding carboxylic acids is 3. The lowest BCUT2D eigenvalue weighted by molar-refractivity contribution is -0.119. The second-order valence-electron chi connectivity index (χ2n) is 5.88. The fraction of sp³-hybridized carbons (Fsp3) is 0.286. The van der Waals surface area contributed by atoms with E-state index in [9.17, 15) is 14.4 Å². The Morgan fingerprint density at radius 3 is 2.43 bits per heavy atom. The summed E-state index contributed by atoms with van der Waals surface area (Å²) in [6.45, 7) is 4.64. The second kappa shape index (κ2) is 10.5. The number of benzene rings is 2. The first-order chi connectivity index (χ1) is 13.5. The molecule has 0 aliphatic rings. The van der Waals surface area contributed by atoms with Gasteiger partial charge in [-0.1, -0.05) is 18.2 Å². The van der Waals surface area contributed by atoms with Crippen LogP contribution in [0.25, 0.3) is 0 Å². The normalized spacial score (nSPS) is 10.2. The highest BCUT2D eigenvalue weighted by Crippen LogP contribution is 2.20. The Kier molecular flexibility index (Phi) is 8.07. The lowest BCUT2D eigenvalue weighted by Crippen LogP contribution is -2.30. The van der Waals surface area contributed by atoms with Crippen LogP contribution in [0.1, 0.15) is 34.6 Å². The van der Waals surface area contributed by atoms with Crippen LogP contribution in [0.15, 0.2) is 53.4 Å². The van der Waals surface area contributed by atoms with Crippen LogP contribution < -0.4 is 5.32 Å². The third-order valence-corrected chi connectivity index (χ3v) is 4.90. The fourth-order valence-electron chi connectivity index (χ4n) is 2.64. The Labute approximate surface area is 169 Å². The second-order valence-corrected chi connectivity index (χ2v) is 6.73. The highest BCUT2D eigenvalue weighted by atomic mass is 32.2. The van der Waals surface area contributed by atoms with Crippen LogP contribution in [0.2, 0.25) is 0 Å². The van der Waals surface area contributed by atoms with Crippen molar-refractivity contribution >= 4 is 35.2 Å². The summed E-state index contributed by atoms with van der Waals surface area (Å²) >= 11 is 1.43. The largest absolute Gasteiger partial charge is 0.452 e. The van der Waals surface area contributed by atoms with Gasteiger partial charge in [0.05, 0.1) is 5.56 Å². The van der Waals surface area contributed by atoms with E-state index in [1.54, 1.807) is 41.3 Å². The number of anilines is 1. The Bertz CT molecular complexity index is 850. The van der Waals surface area contributed by atoms with Crippen molar-refractivity contribution in [3.63, 3.8) is 0 Å².